The standard InChI is InChI=1S/C28H44O3/c1-18(2)27(5,30)15-16-28(6,31)24-10-9-22-21-8-7-19-17-20(29)11-13-25(19,3)23(21)12-14-26(22,24)4/h7-8,15-16,18,20,22-24,29-31H,9-14,17H2,1-6H3/b16-15+/t20-,22-,23-,24-,25-,26-,27+,28-/m0/s1. The van der Waals surface area contributed by atoms with Gasteiger partial charge in [-0.15, -0.1) is 0 Å². The number of hydrogen-bond donors (Lipinski definition) is 3. The SMILES string of the molecule is CC(C)[C@](C)(O)/C=C/[C@](C)(O)[C@H]1CC[C@H]2C3=CC=C4C[C@@H](O)CC[C@]4(C)[C@H]3CC[C@@]21C. The van der Waals surface area contributed by atoms with Crippen molar-refractivity contribution in [2.75, 3.05) is 0 Å². The van der Waals surface area contributed by atoms with Crippen LogP contribution in [0.4, 0.5) is 0 Å². The second-order valence-electron chi connectivity index (χ2n) is 12.4. The van der Waals surface area contributed by atoms with Gasteiger partial charge in [-0.05, 0) is 93.3 Å². The van der Waals surface area contributed by atoms with Gasteiger partial charge >= 0.3 is 0 Å². The number of allylic oxidation sites excluding steroid dienone is 3. The zero-order valence-corrected chi connectivity index (χ0v) is 20.5. The minimum Gasteiger partial charge on any atom is -0.393 e. The van der Waals surface area contributed by atoms with Crippen LogP contribution in [0.1, 0.15) is 86.5 Å². The van der Waals surface area contributed by atoms with Crippen LogP contribution in [-0.4, -0.2) is 32.6 Å². The van der Waals surface area contributed by atoms with Crippen molar-refractivity contribution in [2.45, 2.75) is 104 Å². The molecule has 3 fully saturated rings. The van der Waals surface area contributed by atoms with Crippen LogP contribution >= 0.6 is 0 Å². The van der Waals surface area contributed by atoms with Crippen molar-refractivity contribution in [3.8, 4) is 0 Å². The molecule has 0 radical (unpaired) electrons. The van der Waals surface area contributed by atoms with Gasteiger partial charge in [0.15, 0.2) is 0 Å². The topological polar surface area (TPSA) is 60.7 Å². The minimum absolute atomic E-state index is 0.0791. The van der Waals surface area contributed by atoms with E-state index in [-0.39, 0.29) is 28.8 Å². The molecule has 0 unspecified atom stereocenters. The van der Waals surface area contributed by atoms with E-state index in [1.807, 2.05) is 39.8 Å². The predicted octanol–water partition coefficient (Wildman–Crippen LogP) is 5.56. The van der Waals surface area contributed by atoms with E-state index in [9.17, 15) is 15.3 Å². The van der Waals surface area contributed by atoms with Crippen LogP contribution in [0, 0.1) is 34.5 Å². The van der Waals surface area contributed by atoms with Crippen molar-refractivity contribution in [1.82, 2.24) is 0 Å². The van der Waals surface area contributed by atoms with Gasteiger partial charge in [0, 0.05) is 0 Å². The monoisotopic (exact) mass is 428 g/mol. The molecule has 174 valence electrons. The number of rotatable bonds is 4. The number of hydrogen-bond acceptors (Lipinski definition) is 3. The van der Waals surface area contributed by atoms with Crippen LogP contribution in [0.2, 0.25) is 0 Å². The van der Waals surface area contributed by atoms with Crippen LogP contribution < -0.4 is 0 Å². The van der Waals surface area contributed by atoms with E-state index in [1.54, 1.807) is 5.57 Å². The summed E-state index contributed by atoms with van der Waals surface area (Å²) in [7, 11) is 0. The maximum atomic E-state index is 11.6. The molecule has 31 heavy (non-hydrogen) atoms. The number of aliphatic hydroxyl groups is 3. The lowest BCUT2D eigenvalue weighted by Crippen LogP contribution is -2.49. The van der Waals surface area contributed by atoms with Crippen molar-refractivity contribution < 1.29 is 15.3 Å². The fraction of sp³-hybridized carbons (Fsp3) is 0.786. The molecule has 3 heteroatoms. The summed E-state index contributed by atoms with van der Waals surface area (Å²) in [6.45, 7) is 12.6. The second-order valence-corrected chi connectivity index (χ2v) is 12.4. The normalized spacial score (nSPS) is 44.1. The molecule has 0 spiro atoms. The maximum Gasteiger partial charge on any atom is 0.0834 e. The van der Waals surface area contributed by atoms with E-state index >= 15 is 0 Å². The summed E-state index contributed by atoms with van der Waals surface area (Å²) in [5, 5.41) is 32.4. The van der Waals surface area contributed by atoms with E-state index in [0.717, 1.165) is 38.5 Å². The van der Waals surface area contributed by atoms with Gasteiger partial charge in [0.1, 0.15) is 0 Å². The van der Waals surface area contributed by atoms with Crippen molar-refractivity contribution in [3.05, 3.63) is 35.5 Å². The highest BCUT2D eigenvalue weighted by Gasteiger charge is 2.59. The summed E-state index contributed by atoms with van der Waals surface area (Å²) in [6.07, 6.45) is 15.5. The lowest BCUT2D eigenvalue weighted by molar-refractivity contribution is -0.0377. The van der Waals surface area contributed by atoms with E-state index in [0.29, 0.717) is 11.8 Å². The Morgan fingerprint density at radius 3 is 2.35 bits per heavy atom. The Kier molecular flexibility index (Phi) is 5.68. The zero-order valence-electron chi connectivity index (χ0n) is 20.5. The fourth-order valence-corrected chi connectivity index (χ4v) is 7.59. The van der Waals surface area contributed by atoms with Gasteiger partial charge in [0.05, 0.1) is 17.3 Å². The number of fused-ring (bicyclic) bond motifs is 5. The Morgan fingerprint density at radius 1 is 0.968 bits per heavy atom. The van der Waals surface area contributed by atoms with Crippen LogP contribution in [0.15, 0.2) is 35.5 Å². The Bertz CT molecular complexity index is 801. The molecule has 0 amide bonds. The maximum absolute atomic E-state index is 11.6. The second kappa shape index (κ2) is 7.57. The molecule has 3 nitrogen and oxygen atoms in total. The highest BCUT2D eigenvalue weighted by Crippen LogP contribution is 2.66. The predicted molar refractivity (Wildman–Crippen MR) is 126 cm³/mol. The Labute approximate surface area is 189 Å². The Hall–Kier alpha value is -0.900. The van der Waals surface area contributed by atoms with Gasteiger partial charge in [0.2, 0.25) is 0 Å². The van der Waals surface area contributed by atoms with E-state index in [1.165, 1.54) is 12.0 Å². The quantitative estimate of drug-likeness (QED) is 0.514. The summed E-state index contributed by atoms with van der Waals surface area (Å²) >= 11 is 0. The van der Waals surface area contributed by atoms with Crippen LogP contribution in [0.25, 0.3) is 0 Å². The van der Waals surface area contributed by atoms with Gasteiger partial charge in [-0.3, -0.25) is 0 Å². The summed E-state index contributed by atoms with van der Waals surface area (Å²) in [6, 6.07) is 0. The molecule has 0 aliphatic heterocycles. The summed E-state index contributed by atoms with van der Waals surface area (Å²) in [4.78, 5) is 0. The molecule has 0 aromatic rings. The van der Waals surface area contributed by atoms with Gasteiger partial charge < -0.3 is 15.3 Å². The molecule has 0 aromatic carbocycles. The first-order valence-electron chi connectivity index (χ1n) is 12.6. The van der Waals surface area contributed by atoms with Crippen molar-refractivity contribution in [2.24, 2.45) is 34.5 Å². The lowest BCUT2D eigenvalue weighted by atomic mass is 9.49. The van der Waals surface area contributed by atoms with E-state index in [4.69, 9.17) is 0 Å². The molecular weight excluding hydrogens is 384 g/mol. The molecular formula is C28H44O3. The van der Waals surface area contributed by atoms with Crippen molar-refractivity contribution in [3.63, 3.8) is 0 Å². The highest BCUT2D eigenvalue weighted by atomic mass is 16.3. The first-order chi connectivity index (χ1) is 14.3. The fourth-order valence-electron chi connectivity index (χ4n) is 7.59. The zero-order chi connectivity index (χ0) is 22.8. The lowest BCUT2D eigenvalue weighted by Gasteiger charge is -2.55. The number of aliphatic hydroxyl groups excluding tert-OH is 1. The third kappa shape index (κ3) is 3.69. The smallest absolute Gasteiger partial charge is 0.0834 e. The molecule has 0 heterocycles. The Morgan fingerprint density at radius 2 is 1.68 bits per heavy atom. The summed E-state index contributed by atoms with van der Waals surface area (Å²) < 4.78 is 0. The molecule has 0 saturated heterocycles. The van der Waals surface area contributed by atoms with Crippen LogP contribution in [-0.2, 0) is 0 Å². The molecule has 4 aliphatic carbocycles. The first-order valence-corrected chi connectivity index (χ1v) is 12.6. The molecule has 0 aromatic heterocycles. The van der Waals surface area contributed by atoms with Crippen LogP contribution in [0.3, 0.4) is 0 Å². The average molecular weight is 429 g/mol. The van der Waals surface area contributed by atoms with Crippen molar-refractivity contribution >= 4 is 0 Å². The molecule has 3 N–H and O–H groups in total. The largest absolute Gasteiger partial charge is 0.393 e. The van der Waals surface area contributed by atoms with Gasteiger partial charge in [0.25, 0.3) is 0 Å². The summed E-state index contributed by atoms with van der Waals surface area (Å²) in [5.41, 5.74) is 1.49. The minimum atomic E-state index is -0.926. The van der Waals surface area contributed by atoms with Gasteiger partial charge in [-0.2, -0.15) is 0 Å². The van der Waals surface area contributed by atoms with E-state index < -0.39 is 11.2 Å². The molecule has 3 saturated carbocycles. The van der Waals surface area contributed by atoms with Gasteiger partial charge in [-0.1, -0.05) is 63.1 Å². The molecule has 8 atom stereocenters. The summed E-state index contributed by atoms with van der Waals surface area (Å²) in [5.74, 6) is 1.39. The molecule has 4 aliphatic rings. The molecule has 0 bridgehead atoms. The van der Waals surface area contributed by atoms with Crippen LogP contribution in [0.5, 0.6) is 0 Å². The van der Waals surface area contributed by atoms with E-state index in [2.05, 4.69) is 26.0 Å². The first kappa shape index (κ1) is 23.3. The Balaban J connectivity index is 1.62. The third-order valence-corrected chi connectivity index (χ3v) is 10.2. The molecule has 4 rings (SSSR count). The van der Waals surface area contributed by atoms with Gasteiger partial charge in [-0.25, -0.2) is 0 Å². The third-order valence-electron chi connectivity index (χ3n) is 10.2. The average Bonchev–Trinajstić information content (AvgIpc) is 3.05. The highest BCUT2D eigenvalue weighted by molar-refractivity contribution is 5.39. The van der Waals surface area contributed by atoms with Crippen molar-refractivity contribution in [1.29, 1.82) is 0 Å².